The fourth-order valence-electron chi connectivity index (χ4n) is 1.47. The summed E-state index contributed by atoms with van der Waals surface area (Å²) in [4.78, 5) is -1.63. The Morgan fingerprint density at radius 3 is 1.15 bits per heavy atom. The molecule has 144 valence electrons. The van der Waals surface area contributed by atoms with Crippen molar-refractivity contribution in [3.63, 3.8) is 0 Å². The second-order valence-electron chi connectivity index (χ2n) is 4.38. The molecule has 0 radical (unpaired) electrons. The largest absolute Gasteiger partial charge is 2.00 e. The first-order chi connectivity index (χ1) is 11.6. The van der Waals surface area contributed by atoms with E-state index in [1.165, 1.54) is 0 Å². The van der Waals surface area contributed by atoms with Crippen LogP contribution >= 0.6 is 46.4 Å². The SMILES string of the molecule is O=S(=O)([O-])c1cc(Cl)cc(Cl)c1O.O=S(=O)([O-])c1cc(Cl)cc(Cl)c1O.[Ba+2]. The molecule has 0 amide bonds. The van der Waals surface area contributed by atoms with Crippen molar-refractivity contribution in [2.75, 3.05) is 0 Å². The predicted molar refractivity (Wildman–Crippen MR) is 97.9 cm³/mol. The molecule has 15 heteroatoms. The molecule has 2 aromatic rings. The minimum absolute atomic E-state index is 0. The Hall–Kier alpha value is 0.591. The second kappa shape index (κ2) is 10.6. The van der Waals surface area contributed by atoms with Crippen LogP contribution in [-0.2, 0) is 20.2 Å². The van der Waals surface area contributed by atoms with Gasteiger partial charge in [-0.05, 0) is 24.3 Å². The zero-order valence-electron chi connectivity index (χ0n) is 12.7. The van der Waals surface area contributed by atoms with Crippen LogP contribution in [0.15, 0.2) is 34.1 Å². The summed E-state index contributed by atoms with van der Waals surface area (Å²) < 4.78 is 63.2. The Balaban J connectivity index is 0.000000483. The first-order valence-electron chi connectivity index (χ1n) is 5.92. The Kier molecular flexibility index (Phi) is 10.8. The molecule has 27 heavy (non-hydrogen) atoms. The third kappa shape index (κ3) is 8.09. The van der Waals surface area contributed by atoms with Gasteiger partial charge in [0.05, 0.1) is 19.8 Å². The summed E-state index contributed by atoms with van der Waals surface area (Å²) in [6, 6.07) is 3.94. The molecule has 0 aliphatic rings. The molecule has 0 aromatic heterocycles. The topological polar surface area (TPSA) is 155 Å². The molecule has 0 unspecified atom stereocenters. The molecule has 8 nitrogen and oxygen atoms in total. The minimum Gasteiger partial charge on any atom is -0.744 e. The fraction of sp³-hybridized carbons (Fsp3) is 0. The zero-order valence-corrected chi connectivity index (χ0v) is 21.8. The van der Waals surface area contributed by atoms with E-state index in [0.717, 1.165) is 24.3 Å². The van der Waals surface area contributed by atoms with E-state index in [1.54, 1.807) is 0 Å². The van der Waals surface area contributed by atoms with Gasteiger partial charge in [0.1, 0.15) is 20.2 Å². The molecular formula is C12H6BaCl4O8S2. The maximum Gasteiger partial charge on any atom is 2.00 e. The van der Waals surface area contributed by atoms with Crippen molar-refractivity contribution in [2.45, 2.75) is 9.79 Å². The molecule has 0 atom stereocenters. The van der Waals surface area contributed by atoms with E-state index in [4.69, 9.17) is 56.6 Å². The molecule has 0 aliphatic heterocycles. The van der Waals surface area contributed by atoms with Gasteiger partial charge >= 0.3 is 48.9 Å². The molecule has 2 aromatic carbocycles. The molecule has 0 saturated carbocycles. The van der Waals surface area contributed by atoms with Crippen LogP contribution in [0, 0.1) is 0 Å². The Morgan fingerprint density at radius 2 is 0.926 bits per heavy atom. The van der Waals surface area contributed by atoms with Gasteiger partial charge in [-0.1, -0.05) is 46.4 Å². The van der Waals surface area contributed by atoms with E-state index >= 15 is 0 Å². The smallest absolute Gasteiger partial charge is 0.744 e. The summed E-state index contributed by atoms with van der Waals surface area (Å²) >= 11 is 21.6. The molecule has 0 aliphatic carbocycles. The molecular weight excluding hydrogens is 615 g/mol. The van der Waals surface area contributed by atoms with Gasteiger partial charge in [0.25, 0.3) is 0 Å². The average molecular weight is 621 g/mol. The predicted octanol–water partition coefficient (Wildman–Crippen LogP) is 2.83. The van der Waals surface area contributed by atoms with Gasteiger partial charge < -0.3 is 19.3 Å². The van der Waals surface area contributed by atoms with Crippen molar-refractivity contribution in [1.82, 2.24) is 0 Å². The van der Waals surface area contributed by atoms with E-state index in [9.17, 15) is 25.9 Å². The quantitative estimate of drug-likeness (QED) is 0.383. The third-order valence-corrected chi connectivity index (χ3v) is 5.24. The van der Waals surface area contributed by atoms with E-state index < -0.39 is 41.5 Å². The first kappa shape index (κ1) is 27.6. The summed E-state index contributed by atoms with van der Waals surface area (Å²) in [5.74, 6) is -1.55. The summed E-state index contributed by atoms with van der Waals surface area (Å²) in [5.41, 5.74) is 0. The fourth-order valence-corrected chi connectivity index (χ4v) is 3.93. The number of benzene rings is 2. The van der Waals surface area contributed by atoms with Gasteiger partial charge in [0.2, 0.25) is 0 Å². The molecule has 0 bridgehead atoms. The van der Waals surface area contributed by atoms with Gasteiger partial charge in [-0.3, -0.25) is 0 Å². The minimum atomic E-state index is -4.75. The van der Waals surface area contributed by atoms with Crippen LogP contribution in [0.5, 0.6) is 11.5 Å². The number of halogens is 4. The van der Waals surface area contributed by atoms with Crippen LogP contribution in [0.2, 0.25) is 20.1 Å². The van der Waals surface area contributed by atoms with E-state index in [0.29, 0.717) is 0 Å². The summed E-state index contributed by atoms with van der Waals surface area (Å²) in [6.45, 7) is 0. The van der Waals surface area contributed by atoms with Crippen molar-refractivity contribution >= 4 is 116 Å². The number of aromatic hydroxyl groups is 2. The van der Waals surface area contributed by atoms with Crippen LogP contribution < -0.4 is 0 Å². The van der Waals surface area contributed by atoms with Crippen molar-refractivity contribution < 1.29 is 36.2 Å². The Bertz CT molecular complexity index is 972. The van der Waals surface area contributed by atoms with E-state index in [2.05, 4.69) is 0 Å². The molecule has 0 fully saturated rings. The van der Waals surface area contributed by atoms with Gasteiger partial charge in [0, 0.05) is 10.0 Å². The summed E-state index contributed by atoms with van der Waals surface area (Å²) in [5, 5.41) is 17.6. The molecule has 0 saturated heterocycles. The van der Waals surface area contributed by atoms with Gasteiger partial charge in [-0.2, -0.15) is 0 Å². The van der Waals surface area contributed by atoms with Crippen LogP contribution in [0.3, 0.4) is 0 Å². The summed E-state index contributed by atoms with van der Waals surface area (Å²) in [7, 11) is -9.49. The summed E-state index contributed by atoms with van der Waals surface area (Å²) in [6.07, 6.45) is 0. The number of hydrogen-bond acceptors (Lipinski definition) is 8. The van der Waals surface area contributed by atoms with Crippen LogP contribution in [0.4, 0.5) is 0 Å². The Labute approximate surface area is 214 Å². The maximum atomic E-state index is 10.5. The first-order valence-corrected chi connectivity index (χ1v) is 10.2. The number of phenolic OH excluding ortho intramolecular Hbond substituents is 2. The molecule has 0 heterocycles. The zero-order chi connectivity index (χ0) is 20.4. The van der Waals surface area contributed by atoms with Crippen LogP contribution in [-0.4, -0.2) is 85.0 Å². The number of phenols is 2. The van der Waals surface area contributed by atoms with Crippen LogP contribution in [0.25, 0.3) is 0 Å². The molecule has 0 spiro atoms. The number of hydrogen-bond donors (Lipinski definition) is 2. The monoisotopic (exact) mass is 620 g/mol. The van der Waals surface area contributed by atoms with Gasteiger partial charge in [-0.25, -0.2) is 16.8 Å². The van der Waals surface area contributed by atoms with Crippen molar-refractivity contribution in [3.05, 3.63) is 44.4 Å². The molecule has 2 N–H and O–H groups in total. The number of rotatable bonds is 2. The average Bonchev–Trinajstić information content (AvgIpc) is 2.45. The van der Waals surface area contributed by atoms with Gasteiger partial charge in [-0.15, -0.1) is 0 Å². The Morgan fingerprint density at radius 1 is 0.667 bits per heavy atom. The maximum absolute atomic E-state index is 10.5. The standard InChI is InChI=1S/2C6H4Cl2O4S.Ba/c2*7-3-1-4(8)6(9)5(2-3)13(10,11)12;/h2*1-2,9H,(H,10,11,12);/q;;+2/p-2. The third-order valence-electron chi connectivity index (χ3n) is 2.53. The van der Waals surface area contributed by atoms with Crippen LogP contribution in [0.1, 0.15) is 0 Å². The second-order valence-corrected chi connectivity index (χ2v) is 8.76. The van der Waals surface area contributed by atoms with Gasteiger partial charge in [0.15, 0.2) is 11.5 Å². The normalized spacial score (nSPS) is 11.2. The molecule has 2 rings (SSSR count). The van der Waals surface area contributed by atoms with E-state index in [-0.39, 0.29) is 69.0 Å². The van der Waals surface area contributed by atoms with Crippen molar-refractivity contribution in [2.24, 2.45) is 0 Å². The van der Waals surface area contributed by atoms with Crippen molar-refractivity contribution in [1.29, 1.82) is 0 Å². The van der Waals surface area contributed by atoms with Crippen molar-refractivity contribution in [3.8, 4) is 11.5 Å². The van der Waals surface area contributed by atoms with E-state index in [1.807, 2.05) is 0 Å².